The van der Waals surface area contributed by atoms with E-state index in [0.717, 1.165) is 5.56 Å². The summed E-state index contributed by atoms with van der Waals surface area (Å²) in [6.45, 7) is 0. The zero-order valence-electron chi connectivity index (χ0n) is 13.2. The predicted molar refractivity (Wildman–Crippen MR) is 94.4 cm³/mol. The van der Waals surface area contributed by atoms with Crippen LogP contribution in [0.25, 0.3) is 0 Å². The molecule has 2 N–H and O–H groups in total. The van der Waals surface area contributed by atoms with Crippen molar-refractivity contribution in [2.75, 3.05) is 16.8 Å². The molecule has 0 aromatic heterocycles. The molecule has 2 atom stereocenters. The Hall–Kier alpha value is -2.18. The van der Waals surface area contributed by atoms with Crippen LogP contribution in [0.4, 0.5) is 5.69 Å². The van der Waals surface area contributed by atoms with Crippen molar-refractivity contribution < 1.29 is 13.2 Å². The summed E-state index contributed by atoms with van der Waals surface area (Å²) >= 11 is 0. The number of carbonyl (C=O) groups excluding carboxylic acids is 1. The second-order valence-electron chi connectivity index (χ2n) is 5.97. The topological polar surface area (TPSA) is 75.3 Å². The number of carbonyl (C=O) groups is 1. The molecule has 2 aromatic rings. The standard InChI is InChI=1S/C18H20N2O3S/c21-18(20-15-9-5-2-6-10-15)17(14-7-3-1-4-8-14)19-16-11-12-24(22,23)13-16/h1-10,16-17,19H,11-13H2,(H,20,21)/t16-,17-/m0/s1. The van der Waals surface area contributed by atoms with E-state index in [1.165, 1.54) is 0 Å². The molecular weight excluding hydrogens is 324 g/mol. The van der Waals surface area contributed by atoms with Crippen LogP contribution >= 0.6 is 0 Å². The van der Waals surface area contributed by atoms with Crippen LogP contribution in [-0.2, 0) is 14.6 Å². The summed E-state index contributed by atoms with van der Waals surface area (Å²) in [4.78, 5) is 12.7. The van der Waals surface area contributed by atoms with E-state index < -0.39 is 15.9 Å². The molecule has 3 rings (SSSR count). The highest BCUT2D eigenvalue weighted by atomic mass is 32.2. The van der Waals surface area contributed by atoms with Crippen LogP contribution in [0, 0.1) is 0 Å². The van der Waals surface area contributed by atoms with Crippen molar-refractivity contribution in [3.63, 3.8) is 0 Å². The van der Waals surface area contributed by atoms with Gasteiger partial charge >= 0.3 is 0 Å². The van der Waals surface area contributed by atoms with Crippen LogP contribution in [-0.4, -0.2) is 31.9 Å². The van der Waals surface area contributed by atoms with E-state index in [1.54, 1.807) is 0 Å². The first-order valence-corrected chi connectivity index (χ1v) is 9.73. The van der Waals surface area contributed by atoms with E-state index in [0.29, 0.717) is 12.1 Å². The molecule has 1 amide bonds. The Kier molecular flexibility index (Phi) is 4.97. The Morgan fingerprint density at radius 2 is 1.62 bits per heavy atom. The second kappa shape index (κ2) is 7.15. The zero-order chi connectivity index (χ0) is 17.0. The molecule has 1 fully saturated rings. The third-order valence-electron chi connectivity index (χ3n) is 4.07. The van der Waals surface area contributed by atoms with Gasteiger partial charge in [0.25, 0.3) is 0 Å². The van der Waals surface area contributed by atoms with E-state index >= 15 is 0 Å². The summed E-state index contributed by atoms with van der Waals surface area (Å²) in [5.74, 6) is 0.0539. The lowest BCUT2D eigenvalue weighted by Gasteiger charge is -2.22. The lowest BCUT2D eigenvalue weighted by molar-refractivity contribution is -0.118. The van der Waals surface area contributed by atoms with Crippen LogP contribution in [0.2, 0.25) is 0 Å². The third-order valence-corrected chi connectivity index (χ3v) is 5.84. The number of hydrogen-bond donors (Lipinski definition) is 2. The zero-order valence-corrected chi connectivity index (χ0v) is 14.0. The number of rotatable bonds is 5. The summed E-state index contributed by atoms with van der Waals surface area (Å²) in [6.07, 6.45) is 0.532. The van der Waals surface area contributed by atoms with Gasteiger partial charge in [0.05, 0.1) is 11.5 Å². The maximum absolute atomic E-state index is 12.7. The molecule has 1 heterocycles. The molecule has 126 valence electrons. The average molecular weight is 344 g/mol. The number of sulfone groups is 1. The number of nitrogens with one attached hydrogen (secondary N) is 2. The van der Waals surface area contributed by atoms with E-state index in [-0.39, 0.29) is 23.5 Å². The van der Waals surface area contributed by atoms with E-state index in [2.05, 4.69) is 10.6 Å². The van der Waals surface area contributed by atoms with Crippen molar-refractivity contribution >= 4 is 21.4 Å². The van der Waals surface area contributed by atoms with Crippen molar-refractivity contribution in [1.29, 1.82) is 0 Å². The van der Waals surface area contributed by atoms with Gasteiger partial charge in [-0.2, -0.15) is 0 Å². The smallest absolute Gasteiger partial charge is 0.246 e. The molecule has 0 spiro atoms. The van der Waals surface area contributed by atoms with Crippen LogP contribution in [0.3, 0.4) is 0 Å². The van der Waals surface area contributed by atoms with Crippen molar-refractivity contribution in [3.05, 3.63) is 66.2 Å². The SMILES string of the molecule is O=C(Nc1ccccc1)[C@@H](N[C@H]1CCS(=O)(=O)C1)c1ccccc1. The third kappa shape index (κ3) is 4.21. The van der Waals surface area contributed by atoms with Gasteiger partial charge in [-0.15, -0.1) is 0 Å². The summed E-state index contributed by atoms with van der Waals surface area (Å²) in [7, 11) is -3.00. The van der Waals surface area contributed by atoms with Crippen molar-refractivity contribution in [2.45, 2.75) is 18.5 Å². The number of benzene rings is 2. The highest BCUT2D eigenvalue weighted by Crippen LogP contribution is 2.20. The molecule has 5 nitrogen and oxygen atoms in total. The monoisotopic (exact) mass is 344 g/mol. The lowest BCUT2D eigenvalue weighted by Crippen LogP contribution is -2.40. The molecule has 0 aliphatic carbocycles. The van der Waals surface area contributed by atoms with E-state index in [9.17, 15) is 13.2 Å². The summed E-state index contributed by atoms with van der Waals surface area (Å²) in [6, 6.07) is 17.8. The van der Waals surface area contributed by atoms with Gasteiger partial charge in [0, 0.05) is 11.7 Å². The maximum atomic E-state index is 12.7. The molecule has 1 aliphatic heterocycles. The first-order chi connectivity index (χ1) is 11.5. The maximum Gasteiger partial charge on any atom is 0.246 e. The van der Waals surface area contributed by atoms with Gasteiger partial charge in [-0.1, -0.05) is 48.5 Å². The number of amides is 1. The Morgan fingerprint density at radius 3 is 2.21 bits per heavy atom. The number of hydrogen-bond acceptors (Lipinski definition) is 4. The molecule has 1 saturated heterocycles. The second-order valence-corrected chi connectivity index (χ2v) is 8.19. The lowest BCUT2D eigenvalue weighted by atomic mass is 10.0. The summed E-state index contributed by atoms with van der Waals surface area (Å²) in [5.41, 5.74) is 1.53. The summed E-state index contributed by atoms with van der Waals surface area (Å²) in [5, 5.41) is 6.10. The van der Waals surface area contributed by atoms with Crippen LogP contribution in [0.5, 0.6) is 0 Å². The Bertz CT molecular complexity index is 792. The minimum atomic E-state index is -3.00. The Labute approximate surface area is 142 Å². The van der Waals surface area contributed by atoms with Gasteiger partial charge in [0.15, 0.2) is 9.84 Å². The van der Waals surface area contributed by atoms with Crippen molar-refractivity contribution in [2.24, 2.45) is 0 Å². The fourth-order valence-corrected chi connectivity index (χ4v) is 4.55. The summed E-state index contributed by atoms with van der Waals surface area (Å²) < 4.78 is 23.4. The van der Waals surface area contributed by atoms with E-state index in [4.69, 9.17) is 0 Å². The molecule has 24 heavy (non-hydrogen) atoms. The minimum Gasteiger partial charge on any atom is -0.324 e. The van der Waals surface area contributed by atoms with E-state index in [1.807, 2.05) is 60.7 Å². The van der Waals surface area contributed by atoms with Gasteiger partial charge in [0.1, 0.15) is 6.04 Å². The Morgan fingerprint density at radius 1 is 1.00 bits per heavy atom. The van der Waals surface area contributed by atoms with Crippen molar-refractivity contribution in [1.82, 2.24) is 5.32 Å². The molecule has 6 heteroatoms. The first kappa shape index (κ1) is 16.7. The highest BCUT2D eigenvalue weighted by molar-refractivity contribution is 7.91. The first-order valence-electron chi connectivity index (χ1n) is 7.91. The number of para-hydroxylation sites is 1. The molecule has 0 saturated carbocycles. The van der Waals surface area contributed by atoms with Crippen LogP contribution in [0.15, 0.2) is 60.7 Å². The molecule has 0 bridgehead atoms. The van der Waals surface area contributed by atoms with Crippen molar-refractivity contribution in [3.8, 4) is 0 Å². The molecule has 0 unspecified atom stereocenters. The highest BCUT2D eigenvalue weighted by Gasteiger charge is 2.32. The van der Waals surface area contributed by atoms with Crippen LogP contribution in [0.1, 0.15) is 18.0 Å². The van der Waals surface area contributed by atoms with Crippen LogP contribution < -0.4 is 10.6 Å². The van der Waals surface area contributed by atoms with Gasteiger partial charge in [-0.05, 0) is 24.1 Å². The Balaban J connectivity index is 1.78. The molecule has 0 radical (unpaired) electrons. The largest absolute Gasteiger partial charge is 0.324 e. The number of anilines is 1. The quantitative estimate of drug-likeness (QED) is 0.871. The van der Waals surface area contributed by atoms with Gasteiger partial charge in [-0.3, -0.25) is 10.1 Å². The molecule has 1 aliphatic rings. The minimum absolute atomic E-state index is 0.0783. The fraction of sp³-hybridized carbons (Fsp3) is 0.278. The predicted octanol–water partition coefficient (Wildman–Crippen LogP) is 2.14. The van der Waals surface area contributed by atoms with Gasteiger partial charge in [0.2, 0.25) is 5.91 Å². The fourth-order valence-electron chi connectivity index (χ4n) is 2.87. The van der Waals surface area contributed by atoms with Gasteiger partial charge in [-0.25, -0.2) is 8.42 Å². The molecular formula is C18H20N2O3S. The average Bonchev–Trinajstić information content (AvgIpc) is 2.93. The molecule has 2 aromatic carbocycles. The normalized spacial score (nSPS) is 20.4. The van der Waals surface area contributed by atoms with Gasteiger partial charge < -0.3 is 5.32 Å².